The lowest BCUT2D eigenvalue weighted by atomic mass is 10.1. The molecule has 1 aromatic carbocycles. The topological polar surface area (TPSA) is 75.9 Å². The van der Waals surface area contributed by atoms with E-state index in [2.05, 4.69) is 0 Å². The molecule has 1 saturated heterocycles. The predicted octanol–water partition coefficient (Wildman–Crippen LogP) is 3.24. The van der Waals surface area contributed by atoms with Crippen LogP contribution in [-0.4, -0.2) is 61.3 Å². The summed E-state index contributed by atoms with van der Waals surface area (Å²) < 4.78 is 44.1. The van der Waals surface area contributed by atoms with Crippen molar-refractivity contribution in [3.63, 3.8) is 0 Å². The number of benzene rings is 1. The van der Waals surface area contributed by atoms with Crippen LogP contribution in [0, 0.1) is 10.1 Å². The molecule has 2 rings (SSSR count). The number of anilines is 1. The zero-order chi connectivity index (χ0) is 20.0. The third-order valence-corrected chi connectivity index (χ3v) is 4.21. The van der Waals surface area contributed by atoms with E-state index in [1.54, 1.807) is 4.90 Å². The number of alkyl halides is 3. The van der Waals surface area contributed by atoms with Gasteiger partial charge in [-0.25, -0.2) is 0 Å². The smallest absolute Gasteiger partial charge is 0.378 e. The van der Waals surface area contributed by atoms with Crippen molar-refractivity contribution in [3.8, 4) is 0 Å². The van der Waals surface area contributed by atoms with E-state index in [1.165, 1.54) is 12.1 Å². The summed E-state index contributed by atoms with van der Waals surface area (Å²) in [4.78, 5) is 25.9. The molecule has 0 unspecified atom stereocenters. The summed E-state index contributed by atoms with van der Waals surface area (Å²) in [6.45, 7) is 2.07. The Balaban J connectivity index is 2.41. The van der Waals surface area contributed by atoms with Crippen molar-refractivity contribution in [2.75, 3.05) is 44.3 Å². The Morgan fingerprint density at radius 3 is 2.56 bits per heavy atom. The molecule has 0 N–H and O–H groups in total. The molecule has 150 valence electrons. The molecule has 0 aliphatic carbocycles. The van der Waals surface area contributed by atoms with E-state index in [1.807, 2.05) is 6.92 Å². The molecule has 0 saturated carbocycles. The summed E-state index contributed by atoms with van der Waals surface area (Å²) in [5.74, 6) is -0.856. The van der Waals surface area contributed by atoms with Crippen LogP contribution in [0.4, 0.5) is 24.5 Å². The van der Waals surface area contributed by atoms with E-state index in [0.29, 0.717) is 49.7 Å². The van der Waals surface area contributed by atoms with Crippen molar-refractivity contribution in [1.29, 1.82) is 0 Å². The quantitative estimate of drug-likeness (QED) is 0.529. The Bertz CT molecular complexity index is 676. The molecule has 1 aliphatic heterocycles. The van der Waals surface area contributed by atoms with Crippen LogP contribution in [-0.2, 0) is 4.74 Å². The molecule has 1 aliphatic rings. The standard InChI is InChI=1S/C17H22F3N3O4/c1-2-3-6-22(12-17(18,19)20)16(24)14-11-13(23(25)26)4-5-15(14)21-7-9-27-10-8-21/h4-5,11H,2-3,6-10,12H2,1H3. The minimum atomic E-state index is -4.55. The monoisotopic (exact) mass is 389 g/mol. The number of nitro groups is 1. The molecule has 1 amide bonds. The number of non-ortho nitro benzene ring substituents is 1. The average molecular weight is 389 g/mol. The molecular weight excluding hydrogens is 367 g/mol. The maximum Gasteiger partial charge on any atom is 0.406 e. The number of hydrogen-bond acceptors (Lipinski definition) is 5. The summed E-state index contributed by atoms with van der Waals surface area (Å²) in [6, 6.07) is 3.73. The van der Waals surface area contributed by atoms with Gasteiger partial charge in [0.1, 0.15) is 6.54 Å². The number of carbonyl (C=O) groups is 1. The van der Waals surface area contributed by atoms with E-state index in [4.69, 9.17) is 4.74 Å². The summed E-state index contributed by atoms with van der Waals surface area (Å²) in [5.41, 5.74) is -0.0400. The third kappa shape index (κ3) is 5.81. The van der Waals surface area contributed by atoms with Gasteiger partial charge in [0, 0.05) is 31.8 Å². The molecule has 0 spiro atoms. The molecule has 1 aromatic rings. The summed E-state index contributed by atoms with van der Waals surface area (Å²) in [6.07, 6.45) is -3.53. The number of ether oxygens (including phenoxy) is 1. The Morgan fingerprint density at radius 1 is 1.33 bits per heavy atom. The zero-order valence-electron chi connectivity index (χ0n) is 15.0. The van der Waals surface area contributed by atoms with Crippen molar-refractivity contribution in [2.24, 2.45) is 0 Å². The van der Waals surface area contributed by atoms with Crippen molar-refractivity contribution in [2.45, 2.75) is 25.9 Å². The Labute approximate surface area is 154 Å². The fraction of sp³-hybridized carbons (Fsp3) is 0.588. The first-order valence-corrected chi connectivity index (χ1v) is 8.70. The fourth-order valence-corrected chi connectivity index (χ4v) is 2.88. The Morgan fingerprint density at radius 2 is 2.00 bits per heavy atom. The number of halogens is 3. The number of nitrogens with zero attached hydrogens (tertiary/aromatic N) is 3. The molecule has 10 heteroatoms. The van der Waals surface area contributed by atoms with Crippen molar-refractivity contribution < 1.29 is 27.6 Å². The first kappa shape index (κ1) is 20.9. The lowest BCUT2D eigenvalue weighted by molar-refractivity contribution is -0.384. The molecule has 0 radical (unpaired) electrons. The highest BCUT2D eigenvalue weighted by Crippen LogP contribution is 2.29. The molecule has 0 atom stereocenters. The molecule has 1 heterocycles. The van der Waals surface area contributed by atoms with E-state index in [-0.39, 0.29) is 17.8 Å². The van der Waals surface area contributed by atoms with Gasteiger partial charge >= 0.3 is 6.18 Å². The zero-order valence-corrected chi connectivity index (χ0v) is 15.0. The van der Waals surface area contributed by atoms with E-state index < -0.39 is 23.6 Å². The minimum Gasteiger partial charge on any atom is -0.378 e. The minimum absolute atomic E-state index is 0.0694. The molecule has 27 heavy (non-hydrogen) atoms. The van der Waals surface area contributed by atoms with Crippen LogP contribution in [0.25, 0.3) is 0 Å². The van der Waals surface area contributed by atoms with E-state index in [9.17, 15) is 28.1 Å². The van der Waals surface area contributed by atoms with Gasteiger partial charge in [0.15, 0.2) is 0 Å². The second-order valence-corrected chi connectivity index (χ2v) is 6.25. The van der Waals surface area contributed by atoms with Crippen LogP contribution in [0.3, 0.4) is 0 Å². The second-order valence-electron chi connectivity index (χ2n) is 6.25. The van der Waals surface area contributed by atoms with Crippen molar-refractivity contribution in [1.82, 2.24) is 4.90 Å². The van der Waals surface area contributed by atoms with Gasteiger partial charge in [-0.2, -0.15) is 13.2 Å². The summed E-state index contributed by atoms with van der Waals surface area (Å²) >= 11 is 0. The fourth-order valence-electron chi connectivity index (χ4n) is 2.88. The number of carbonyl (C=O) groups excluding carboxylic acids is 1. The SMILES string of the molecule is CCCCN(CC(F)(F)F)C(=O)c1cc([N+](=O)[O-])ccc1N1CCOCC1. The van der Waals surface area contributed by atoms with Gasteiger partial charge in [-0.3, -0.25) is 14.9 Å². The maximum atomic E-state index is 12.9. The van der Waals surface area contributed by atoms with Gasteiger partial charge in [-0.15, -0.1) is 0 Å². The van der Waals surface area contributed by atoms with E-state index >= 15 is 0 Å². The van der Waals surface area contributed by atoms with Crippen LogP contribution in [0.5, 0.6) is 0 Å². The molecule has 0 aromatic heterocycles. The van der Waals surface area contributed by atoms with Crippen LogP contribution >= 0.6 is 0 Å². The van der Waals surface area contributed by atoms with Gasteiger partial charge in [0.05, 0.1) is 29.4 Å². The molecule has 0 bridgehead atoms. The van der Waals surface area contributed by atoms with Gasteiger partial charge < -0.3 is 14.5 Å². The number of nitro benzene ring substituents is 1. The molecular formula is C17H22F3N3O4. The van der Waals surface area contributed by atoms with Gasteiger partial charge in [0.2, 0.25) is 0 Å². The average Bonchev–Trinajstić information content (AvgIpc) is 2.63. The van der Waals surface area contributed by atoms with Crippen LogP contribution in [0.1, 0.15) is 30.1 Å². The van der Waals surface area contributed by atoms with Crippen molar-refractivity contribution in [3.05, 3.63) is 33.9 Å². The predicted molar refractivity (Wildman–Crippen MR) is 93.0 cm³/mol. The highest BCUT2D eigenvalue weighted by atomic mass is 19.4. The number of morpholine rings is 1. The number of rotatable bonds is 7. The van der Waals surface area contributed by atoms with Gasteiger partial charge in [-0.05, 0) is 12.5 Å². The first-order chi connectivity index (χ1) is 12.7. The van der Waals surface area contributed by atoms with Gasteiger partial charge in [-0.1, -0.05) is 13.3 Å². The van der Waals surface area contributed by atoms with Crippen molar-refractivity contribution >= 4 is 17.3 Å². The molecule has 7 nitrogen and oxygen atoms in total. The van der Waals surface area contributed by atoms with E-state index in [0.717, 1.165) is 6.07 Å². The Kier molecular flexibility index (Phi) is 7.00. The lowest BCUT2D eigenvalue weighted by Crippen LogP contribution is -2.41. The van der Waals surface area contributed by atoms with Crippen LogP contribution < -0.4 is 4.90 Å². The number of hydrogen-bond donors (Lipinski definition) is 0. The summed E-state index contributed by atoms with van der Waals surface area (Å²) in [7, 11) is 0. The molecule has 1 fully saturated rings. The Hall–Kier alpha value is -2.36. The summed E-state index contributed by atoms with van der Waals surface area (Å²) in [5, 5.41) is 11.1. The first-order valence-electron chi connectivity index (χ1n) is 8.70. The largest absolute Gasteiger partial charge is 0.406 e. The van der Waals surface area contributed by atoms with Crippen LogP contribution in [0.2, 0.25) is 0 Å². The number of unbranched alkanes of at least 4 members (excludes halogenated alkanes) is 1. The normalized spacial score (nSPS) is 14.9. The highest BCUT2D eigenvalue weighted by molar-refractivity contribution is 6.00. The second kappa shape index (κ2) is 9.03. The highest BCUT2D eigenvalue weighted by Gasteiger charge is 2.34. The number of amides is 1. The van der Waals surface area contributed by atoms with Gasteiger partial charge in [0.25, 0.3) is 11.6 Å². The third-order valence-electron chi connectivity index (χ3n) is 4.21. The lowest BCUT2D eigenvalue weighted by Gasteiger charge is -2.31. The van der Waals surface area contributed by atoms with Crippen LogP contribution in [0.15, 0.2) is 18.2 Å². The maximum absolute atomic E-state index is 12.9.